The van der Waals surface area contributed by atoms with Gasteiger partial charge in [0, 0.05) is 11.1 Å². The van der Waals surface area contributed by atoms with Crippen LogP contribution in [0.25, 0.3) is 0 Å². The number of carboxylic acid groups (broad SMARTS) is 1. The molecule has 1 saturated heterocycles. The highest BCUT2D eigenvalue weighted by atomic mass is 32.2. The number of thiazole rings is 1. The lowest BCUT2D eigenvalue weighted by molar-refractivity contribution is -0.150. The van der Waals surface area contributed by atoms with E-state index < -0.39 is 29.2 Å². The molecule has 0 bridgehead atoms. The quantitative estimate of drug-likeness (QED) is 0.164. The van der Waals surface area contributed by atoms with Crippen molar-refractivity contribution in [3.63, 3.8) is 0 Å². The van der Waals surface area contributed by atoms with Gasteiger partial charge in [0.25, 0.3) is 11.8 Å². The van der Waals surface area contributed by atoms with Crippen LogP contribution in [0.15, 0.2) is 34.5 Å². The van der Waals surface area contributed by atoms with Crippen molar-refractivity contribution < 1.29 is 29.1 Å². The molecule has 32 heavy (non-hydrogen) atoms. The van der Waals surface area contributed by atoms with Crippen LogP contribution < -0.4 is 10.6 Å². The summed E-state index contributed by atoms with van der Waals surface area (Å²) in [6, 6.07) is -0.901. The van der Waals surface area contributed by atoms with Gasteiger partial charge in [-0.1, -0.05) is 11.2 Å². The van der Waals surface area contributed by atoms with E-state index in [9.17, 15) is 24.3 Å². The number of β-lactam (4-membered cyclic amide) rings is 1. The molecule has 4 rings (SSSR count). The lowest BCUT2D eigenvalue weighted by Gasteiger charge is -2.48. The molecule has 0 radical (unpaired) electrons. The summed E-state index contributed by atoms with van der Waals surface area (Å²) < 4.78 is 0. The average Bonchev–Trinajstić information content (AvgIpc) is 3.26. The minimum absolute atomic E-state index is 0.0883. The van der Waals surface area contributed by atoms with Crippen molar-refractivity contribution in [1.82, 2.24) is 15.2 Å². The number of carboxylic acids is 1. The SMILES string of the molecule is O=CNc1nc(C(=NOC2C=CCCC2)C(=O)NC2C(=O)N3C(C(=O)O)=CCS[C@@H]23)cs1. The maximum Gasteiger partial charge on any atom is 0.352 e. The zero-order valence-corrected chi connectivity index (χ0v) is 18.2. The monoisotopic (exact) mass is 477 g/mol. The standard InChI is InChI=1S/C19H19N5O6S2/c25-9-20-19-21-11(8-32-19)13(23-30-10-4-2-1-3-5-10)15(26)22-14-16(27)24-12(18(28)29)6-7-31-17(14)24/h2,4,6,8-10,14,17H,1,3,5,7H2,(H,22,26)(H,28,29)(H,20,21,25)/t10?,14?,17-/m0/s1. The number of amides is 3. The Hall–Kier alpha value is -3.19. The lowest BCUT2D eigenvalue weighted by atomic mass is 10.0. The van der Waals surface area contributed by atoms with Crippen LogP contribution in [-0.2, 0) is 24.0 Å². The van der Waals surface area contributed by atoms with E-state index in [1.165, 1.54) is 17.8 Å². The lowest BCUT2D eigenvalue weighted by Crippen LogP contribution is -2.70. The molecule has 1 fully saturated rings. The summed E-state index contributed by atoms with van der Waals surface area (Å²) in [4.78, 5) is 58.5. The van der Waals surface area contributed by atoms with Gasteiger partial charge >= 0.3 is 5.97 Å². The van der Waals surface area contributed by atoms with Crippen molar-refractivity contribution in [3.8, 4) is 0 Å². The first-order valence-corrected chi connectivity index (χ1v) is 11.7. The van der Waals surface area contributed by atoms with E-state index in [2.05, 4.69) is 20.8 Å². The Balaban J connectivity index is 1.52. The van der Waals surface area contributed by atoms with Gasteiger partial charge < -0.3 is 20.6 Å². The van der Waals surface area contributed by atoms with Gasteiger partial charge in [-0.15, -0.1) is 23.1 Å². The van der Waals surface area contributed by atoms with Crippen molar-refractivity contribution in [2.75, 3.05) is 11.1 Å². The van der Waals surface area contributed by atoms with Gasteiger partial charge in [0.2, 0.25) is 6.41 Å². The van der Waals surface area contributed by atoms with Crippen molar-refractivity contribution in [3.05, 3.63) is 35.0 Å². The second-order valence-electron chi connectivity index (χ2n) is 7.02. The summed E-state index contributed by atoms with van der Waals surface area (Å²) in [6.07, 6.45) is 8.15. The Labute approximate surface area is 190 Å². The first-order valence-electron chi connectivity index (χ1n) is 9.75. The van der Waals surface area contributed by atoms with Crippen molar-refractivity contribution in [2.24, 2.45) is 5.16 Å². The number of aliphatic carboxylic acids is 1. The molecule has 2 unspecified atom stereocenters. The second kappa shape index (κ2) is 9.53. The fourth-order valence-electron chi connectivity index (χ4n) is 3.44. The predicted octanol–water partition coefficient (Wildman–Crippen LogP) is 0.909. The molecule has 3 atom stereocenters. The van der Waals surface area contributed by atoms with Crippen LogP contribution in [0.1, 0.15) is 25.0 Å². The molecule has 1 aliphatic carbocycles. The Bertz CT molecular complexity index is 1040. The highest BCUT2D eigenvalue weighted by molar-refractivity contribution is 8.00. The number of rotatable bonds is 8. The molecule has 168 valence electrons. The van der Waals surface area contributed by atoms with Gasteiger partial charge in [0.05, 0.1) is 0 Å². The van der Waals surface area contributed by atoms with Crippen molar-refractivity contribution in [2.45, 2.75) is 36.8 Å². The summed E-state index contributed by atoms with van der Waals surface area (Å²) in [5.74, 6) is -1.98. The third-order valence-corrected chi connectivity index (χ3v) is 6.94. The number of thioether (sulfide) groups is 1. The second-order valence-corrected chi connectivity index (χ2v) is 9.03. The zero-order chi connectivity index (χ0) is 22.7. The first kappa shape index (κ1) is 22.0. The highest BCUT2D eigenvalue weighted by Crippen LogP contribution is 2.37. The first-order chi connectivity index (χ1) is 15.5. The van der Waals surface area contributed by atoms with Gasteiger partial charge in [-0.05, 0) is 31.4 Å². The number of hydrogen-bond donors (Lipinski definition) is 3. The molecule has 3 aliphatic rings. The van der Waals surface area contributed by atoms with Gasteiger partial charge in [-0.2, -0.15) is 0 Å². The van der Waals surface area contributed by atoms with E-state index in [-0.39, 0.29) is 28.3 Å². The molecule has 3 heterocycles. The van der Waals surface area contributed by atoms with Gasteiger partial charge in [-0.3, -0.25) is 19.3 Å². The topological polar surface area (TPSA) is 150 Å². The molecule has 3 amide bonds. The minimum atomic E-state index is -1.19. The molecular formula is C19H19N5O6S2. The van der Waals surface area contributed by atoms with Gasteiger partial charge in [0.1, 0.15) is 28.9 Å². The number of carbonyl (C=O) groups excluding carboxylic acids is 3. The maximum absolute atomic E-state index is 13.0. The Morgan fingerprint density at radius 1 is 1.41 bits per heavy atom. The molecule has 13 heteroatoms. The normalized spacial score (nSPS) is 24.7. The minimum Gasteiger partial charge on any atom is -0.477 e. The Morgan fingerprint density at radius 3 is 2.97 bits per heavy atom. The molecule has 1 aromatic rings. The van der Waals surface area contributed by atoms with Crippen molar-refractivity contribution >= 4 is 58.1 Å². The number of oxime groups is 1. The van der Waals surface area contributed by atoms with E-state index in [1.807, 2.05) is 12.2 Å². The summed E-state index contributed by atoms with van der Waals surface area (Å²) in [6.45, 7) is 0. The third-order valence-electron chi connectivity index (χ3n) is 4.99. The number of allylic oxidation sites excluding steroid dienone is 1. The van der Waals surface area contributed by atoms with E-state index in [4.69, 9.17) is 4.84 Å². The summed E-state index contributed by atoms with van der Waals surface area (Å²) in [5, 5.41) is 19.6. The van der Waals surface area contributed by atoms with Gasteiger partial charge in [-0.25, -0.2) is 9.78 Å². The van der Waals surface area contributed by atoms with Crippen LogP contribution in [0, 0.1) is 0 Å². The zero-order valence-electron chi connectivity index (χ0n) is 16.6. The molecule has 0 saturated carbocycles. The van der Waals surface area contributed by atoms with E-state index in [0.717, 1.165) is 35.5 Å². The van der Waals surface area contributed by atoms with E-state index in [1.54, 1.807) is 5.38 Å². The number of nitrogens with zero attached hydrogens (tertiary/aromatic N) is 3. The Kier molecular flexibility index (Phi) is 6.55. The molecule has 0 spiro atoms. The molecule has 3 N–H and O–H groups in total. The Morgan fingerprint density at radius 2 is 2.25 bits per heavy atom. The fourth-order valence-corrected chi connectivity index (χ4v) is 5.29. The van der Waals surface area contributed by atoms with Crippen molar-refractivity contribution in [1.29, 1.82) is 0 Å². The van der Waals surface area contributed by atoms with Crippen LogP contribution in [0.5, 0.6) is 0 Å². The average molecular weight is 478 g/mol. The van der Waals surface area contributed by atoms with E-state index in [0.29, 0.717) is 12.2 Å². The number of aromatic nitrogens is 1. The van der Waals surface area contributed by atoms with Crippen LogP contribution >= 0.6 is 23.1 Å². The summed E-state index contributed by atoms with van der Waals surface area (Å²) >= 11 is 2.46. The molecule has 2 aliphatic heterocycles. The van der Waals surface area contributed by atoms with Crippen LogP contribution in [0.2, 0.25) is 0 Å². The van der Waals surface area contributed by atoms with Gasteiger partial charge in [0.15, 0.2) is 10.8 Å². The number of anilines is 1. The number of fused-ring (bicyclic) bond motifs is 1. The summed E-state index contributed by atoms with van der Waals surface area (Å²) in [7, 11) is 0. The number of nitrogens with one attached hydrogen (secondary N) is 2. The predicted molar refractivity (Wildman–Crippen MR) is 117 cm³/mol. The third kappa shape index (κ3) is 4.39. The molecule has 11 nitrogen and oxygen atoms in total. The molecule has 1 aromatic heterocycles. The number of carbonyl (C=O) groups is 4. The van der Waals surface area contributed by atoms with Crippen LogP contribution in [0.4, 0.5) is 5.13 Å². The van der Waals surface area contributed by atoms with Crippen LogP contribution in [-0.4, -0.2) is 68.2 Å². The van der Waals surface area contributed by atoms with E-state index >= 15 is 0 Å². The fraction of sp³-hybridized carbons (Fsp3) is 0.368. The van der Waals surface area contributed by atoms with Crippen LogP contribution in [0.3, 0.4) is 0 Å². The maximum atomic E-state index is 13.0. The molecular weight excluding hydrogens is 458 g/mol. The largest absolute Gasteiger partial charge is 0.477 e. The highest BCUT2D eigenvalue weighted by Gasteiger charge is 2.53. The smallest absolute Gasteiger partial charge is 0.352 e. The summed E-state index contributed by atoms with van der Waals surface area (Å²) in [5.41, 5.74) is -0.0439. The molecule has 0 aromatic carbocycles. The number of hydrogen-bond acceptors (Lipinski definition) is 9.